The minimum absolute atomic E-state index is 0.103. The van der Waals surface area contributed by atoms with Gasteiger partial charge in [-0.1, -0.05) is 36.0 Å². The molecule has 28 heavy (non-hydrogen) atoms. The standard InChI is InChI=1S/C21H23N3O3S/c1-13-5-6-14(2)18(11-13)22-20(25)15(3)28-21-24-23-19(27-21)12-16-7-9-17(26-4)10-8-16/h5-11,15H,12H2,1-4H3,(H,22,25). The summed E-state index contributed by atoms with van der Waals surface area (Å²) in [7, 11) is 1.63. The normalized spacial score (nSPS) is 11.9. The topological polar surface area (TPSA) is 77.2 Å². The average molecular weight is 398 g/mol. The Labute approximate surface area is 168 Å². The molecule has 0 aliphatic carbocycles. The maximum absolute atomic E-state index is 12.5. The second kappa shape index (κ2) is 8.93. The van der Waals surface area contributed by atoms with Crippen molar-refractivity contribution in [3.8, 4) is 5.75 Å². The van der Waals surface area contributed by atoms with E-state index in [0.717, 1.165) is 28.1 Å². The molecule has 0 fully saturated rings. The van der Waals surface area contributed by atoms with E-state index in [1.165, 1.54) is 11.8 Å². The molecule has 146 valence electrons. The summed E-state index contributed by atoms with van der Waals surface area (Å²) >= 11 is 1.25. The van der Waals surface area contributed by atoms with Gasteiger partial charge in [0.25, 0.3) is 5.22 Å². The number of aromatic nitrogens is 2. The number of thioether (sulfide) groups is 1. The fourth-order valence-corrected chi connectivity index (χ4v) is 3.29. The highest BCUT2D eigenvalue weighted by Crippen LogP contribution is 2.25. The summed E-state index contributed by atoms with van der Waals surface area (Å²) in [5, 5.41) is 11.1. The van der Waals surface area contributed by atoms with E-state index < -0.39 is 0 Å². The van der Waals surface area contributed by atoms with Gasteiger partial charge in [0.1, 0.15) is 5.75 Å². The lowest BCUT2D eigenvalue weighted by Crippen LogP contribution is -2.22. The highest BCUT2D eigenvalue weighted by Gasteiger charge is 2.19. The first kappa shape index (κ1) is 19.9. The average Bonchev–Trinajstić information content (AvgIpc) is 3.12. The van der Waals surface area contributed by atoms with Crippen LogP contribution in [0.4, 0.5) is 5.69 Å². The van der Waals surface area contributed by atoms with E-state index in [4.69, 9.17) is 9.15 Å². The molecule has 3 aromatic rings. The number of amides is 1. The Morgan fingerprint density at radius 1 is 1.18 bits per heavy atom. The molecule has 1 atom stereocenters. The van der Waals surface area contributed by atoms with Gasteiger partial charge in [-0.05, 0) is 55.7 Å². The Kier molecular flexibility index (Phi) is 6.36. The Morgan fingerprint density at radius 3 is 2.64 bits per heavy atom. The highest BCUT2D eigenvalue weighted by atomic mass is 32.2. The number of aryl methyl sites for hydroxylation is 2. The van der Waals surface area contributed by atoms with Crippen molar-refractivity contribution in [2.45, 2.75) is 37.7 Å². The van der Waals surface area contributed by atoms with Crippen LogP contribution in [-0.4, -0.2) is 28.5 Å². The van der Waals surface area contributed by atoms with Crippen LogP contribution in [0.3, 0.4) is 0 Å². The summed E-state index contributed by atoms with van der Waals surface area (Å²) in [5.41, 5.74) is 3.99. The number of anilines is 1. The third-order valence-electron chi connectivity index (χ3n) is 4.26. The summed E-state index contributed by atoms with van der Waals surface area (Å²) < 4.78 is 10.8. The fraction of sp³-hybridized carbons (Fsp3) is 0.286. The summed E-state index contributed by atoms with van der Waals surface area (Å²) in [6.45, 7) is 5.78. The van der Waals surface area contributed by atoms with Crippen molar-refractivity contribution in [2.24, 2.45) is 0 Å². The highest BCUT2D eigenvalue weighted by molar-refractivity contribution is 8.00. The van der Waals surface area contributed by atoms with Gasteiger partial charge < -0.3 is 14.5 Å². The van der Waals surface area contributed by atoms with Crippen LogP contribution in [0.2, 0.25) is 0 Å². The van der Waals surface area contributed by atoms with Crippen LogP contribution in [0.1, 0.15) is 29.5 Å². The first-order valence-corrected chi connectivity index (χ1v) is 9.82. The largest absolute Gasteiger partial charge is 0.497 e. The van der Waals surface area contributed by atoms with E-state index in [0.29, 0.717) is 17.5 Å². The minimum atomic E-state index is -0.366. The molecule has 1 amide bonds. The van der Waals surface area contributed by atoms with Crippen LogP contribution in [-0.2, 0) is 11.2 Å². The van der Waals surface area contributed by atoms with Gasteiger partial charge in [0, 0.05) is 5.69 Å². The van der Waals surface area contributed by atoms with Crippen LogP contribution in [0.5, 0.6) is 5.75 Å². The Bertz CT molecular complexity index is 954. The van der Waals surface area contributed by atoms with Gasteiger partial charge in [0.15, 0.2) is 0 Å². The first-order chi connectivity index (χ1) is 13.4. The number of methoxy groups -OCH3 is 1. The van der Waals surface area contributed by atoms with Gasteiger partial charge in [-0.2, -0.15) is 0 Å². The molecule has 3 rings (SSSR count). The number of carbonyl (C=O) groups is 1. The molecular weight excluding hydrogens is 374 g/mol. The first-order valence-electron chi connectivity index (χ1n) is 8.94. The molecule has 7 heteroatoms. The number of nitrogens with zero attached hydrogens (tertiary/aromatic N) is 2. The van der Waals surface area contributed by atoms with Crippen molar-refractivity contribution in [1.82, 2.24) is 10.2 Å². The third-order valence-corrected chi connectivity index (χ3v) is 5.19. The van der Waals surface area contributed by atoms with Crippen LogP contribution in [0.25, 0.3) is 0 Å². The summed E-state index contributed by atoms with van der Waals surface area (Å²) in [5.74, 6) is 1.21. The van der Waals surface area contributed by atoms with Crippen LogP contribution < -0.4 is 10.1 Å². The van der Waals surface area contributed by atoms with Crippen LogP contribution >= 0.6 is 11.8 Å². The zero-order valence-electron chi connectivity index (χ0n) is 16.4. The molecule has 0 aliphatic heterocycles. The molecule has 0 saturated carbocycles. The number of nitrogens with one attached hydrogen (secondary N) is 1. The van der Waals surface area contributed by atoms with Crippen LogP contribution in [0.15, 0.2) is 52.1 Å². The molecule has 1 N–H and O–H groups in total. The number of carbonyl (C=O) groups excluding carboxylic acids is 1. The number of rotatable bonds is 7. The fourth-order valence-electron chi connectivity index (χ4n) is 2.58. The number of benzene rings is 2. The Morgan fingerprint density at radius 2 is 1.93 bits per heavy atom. The van der Waals surface area contributed by atoms with E-state index in [1.807, 2.05) is 63.2 Å². The van der Waals surface area contributed by atoms with Crippen molar-refractivity contribution in [2.75, 3.05) is 12.4 Å². The smallest absolute Gasteiger partial charge is 0.277 e. The van der Waals surface area contributed by atoms with E-state index in [2.05, 4.69) is 15.5 Å². The molecule has 0 bridgehead atoms. The van der Waals surface area contributed by atoms with Gasteiger partial charge in [-0.3, -0.25) is 4.79 Å². The molecule has 0 saturated heterocycles. The number of hydrogen-bond acceptors (Lipinski definition) is 6. The summed E-state index contributed by atoms with van der Waals surface area (Å²) in [4.78, 5) is 12.5. The van der Waals surface area contributed by atoms with E-state index in [9.17, 15) is 4.79 Å². The molecule has 0 aliphatic rings. The maximum atomic E-state index is 12.5. The molecule has 1 heterocycles. The Hall–Kier alpha value is -2.80. The zero-order valence-corrected chi connectivity index (χ0v) is 17.2. The zero-order chi connectivity index (χ0) is 20.1. The van der Waals surface area contributed by atoms with Crippen LogP contribution in [0, 0.1) is 13.8 Å². The molecule has 2 aromatic carbocycles. The SMILES string of the molecule is COc1ccc(Cc2nnc(SC(C)C(=O)Nc3cc(C)ccc3C)o2)cc1. The number of ether oxygens (including phenoxy) is 1. The molecule has 1 unspecified atom stereocenters. The second-order valence-electron chi connectivity index (χ2n) is 6.55. The summed E-state index contributed by atoms with van der Waals surface area (Å²) in [6, 6.07) is 13.7. The van der Waals surface area contributed by atoms with Gasteiger partial charge in [0.05, 0.1) is 18.8 Å². The number of hydrogen-bond donors (Lipinski definition) is 1. The maximum Gasteiger partial charge on any atom is 0.277 e. The lowest BCUT2D eigenvalue weighted by atomic mass is 10.1. The van der Waals surface area contributed by atoms with Crippen molar-refractivity contribution in [3.05, 3.63) is 65.0 Å². The van der Waals surface area contributed by atoms with Gasteiger partial charge in [-0.15, -0.1) is 10.2 Å². The summed E-state index contributed by atoms with van der Waals surface area (Å²) in [6.07, 6.45) is 0.528. The van der Waals surface area contributed by atoms with E-state index >= 15 is 0 Å². The monoisotopic (exact) mass is 397 g/mol. The van der Waals surface area contributed by atoms with Crippen molar-refractivity contribution < 1.29 is 13.9 Å². The minimum Gasteiger partial charge on any atom is -0.497 e. The molecule has 0 radical (unpaired) electrons. The molecule has 6 nitrogen and oxygen atoms in total. The van der Waals surface area contributed by atoms with E-state index in [1.54, 1.807) is 7.11 Å². The third kappa shape index (κ3) is 5.13. The molecular formula is C21H23N3O3S. The lowest BCUT2D eigenvalue weighted by molar-refractivity contribution is -0.115. The van der Waals surface area contributed by atoms with Crippen molar-refractivity contribution >= 4 is 23.4 Å². The van der Waals surface area contributed by atoms with Crippen molar-refractivity contribution in [3.63, 3.8) is 0 Å². The van der Waals surface area contributed by atoms with Gasteiger partial charge in [0.2, 0.25) is 11.8 Å². The molecule has 1 aromatic heterocycles. The van der Waals surface area contributed by atoms with E-state index in [-0.39, 0.29) is 11.2 Å². The lowest BCUT2D eigenvalue weighted by Gasteiger charge is -2.12. The van der Waals surface area contributed by atoms with Gasteiger partial charge >= 0.3 is 0 Å². The quantitative estimate of drug-likeness (QED) is 0.595. The predicted octanol–water partition coefficient (Wildman–Crippen LogP) is 4.41. The van der Waals surface area contributed by atoms with Gasteiger partial charge in [-0.25, -0.2) is 0 Å². The Balaban J connectivity index is 1.58. The second-order valence-corrected chi connectivity index (χ2v) is 7.85. The predicted molar refractivity (Wildman–Crippen MR) is 110 cm³/mol. The van der Waals surface area contributed by atoms with Crippen molar-refractivity contribution in [1.29, 1.82) is 0 Å². The molecule has 0 spiro atoms.